The molecule has 0 radical (unpaired) electrons. The van der Waals surface area contributed by atoms with Gasteiger partial charge in [0.2, 0.25) is 0 Å². The second kappa shape index (κ2) is 5.94. The van der Waals surface area contributed by atoms with Crippen molar-refractivity contribution >= 4 is 11.8 Å². The van der Waals surface area contributed by atoms with Gasteiger partial charge in [0, 0.05) is 23.9 Å². The Hall–Kier alpha value is 0.270. The number of thioether (sulfide) groups is 1. The van der Waals surface area contributed by atoms with Crippen LogP contribution < -0.4 is 5.32 Å². The third kappa shape index (κ3) is 3.87. The van der Waals surface area contributed by atoms with Crippen molar-refractivity contribution in [3.05, 3.63) is 0 Å². The summed E-state index contributed by atoms with van der Waals surface area (Å²) in [5.41, 5.74) is 0. The van der Waals surface area contributed by atoms with Crippen LogP contribution in [-0.4, -0.2) is 35.8 Å². The lowest BCUT2D eigenvalue weighted by molar-refractivity contribution is -0.0245. The number of nitrogens with one attached hydrogen (secondary N) is 1. The highest BCUT2D eigenvalue weighted by Gasteiger charge is 2.31. The third-order valence-corrected chi connectivity index (χ3v) is 5.66. The minimum atomic E-state index is 0.463. The van der Waals surface area contributed by atoms with Crippen molar-refractivity contribution in [2.24, 2.45) is 5.92 Å². The Morgan fingerprint density at radius 2 is 2.29 bits per heavy atom. The molecule has 0 spiro atoms. The smallest absolute Gasteiger partial charge is 0.0612 e. The van der Waals surface area contributed by atoms with E-state index in [-0.39, 0.29) is 0 Å². The van der Waals surface area contributed by atoms with E-state index in [9.17, 15) is 0 Å². The Labute approximate surface area is 110 Å². The molecule has 2 heterocycles. The average Bonchev–Trinajstić information content (AvgIpc) is 2.75. The lowest BCUT2D eigenvalue weighted by Crippen LogP contribution is -2.45. The van der Waals surface area contributed by atoms with Gasteiger partial charge in [0.25, 0.3) is 0 Å². The van der Waals surface area contributed by atoms with Gasteiger partial charge < -0.3 is 10.1 Å². The molecule has 1 N–H and O–H groups in total. The fourth-order valence-electron chi connectivity index (χ4n) is 2.81. The standard InChI is InChI=1S/C14H27NOS/c1-11(2)13-9-12(5-7-16-13)15-10-14(3)6-4-8-17-14/h11-13,15H,4-10H2,1-3H3. The normalized spacial score (nSPS) is 38.8. The summed E-state index contributed by atoms with van der Waals surface area (Å²) < 4.78 is 6.31. The Morgan fingerprint density at radius 3 is 2.94 bits per heavy atom. The molecule has 2 aliphatic heterocycles. The van der Waals surface area contributed by atoms with Gasteiger partial charge >= 0.3 is 0 Å². The zero-order chi connectivity index (χ0) is 12.3. The second-order valence-corrected chi connectivity index (χ2v) is 7.84. The molecular weight excluding hydrogens is 230 g/mol. The van der Waals surface area contributed by atoms with Crippen LogP contribution in [-0.2, 0) is 4.74 Å². The summed E-state index contributed by atoms with van der Waals surface area (Å²) in [5.74, 6) is 2.00. The molecule has 3 unspecified atom stereocenters. The van der Waals surface area contributed by atoms with Crippen LogP contribution in [0.3, 0.4) is 0 Å². The monoisotopic (exact) mass is 257 g/mol. The highest BCUT2D eigenvalue weighted by Crippen LogP contribution is 2.37. The third-order valence-electron chi connectivity index (χ3n) is 4.12. The molecule has 2 saturated heterocycles. The van der Waals surface area contributed by atoms with Gasteiger partial charge in [-0.15, -0.1) is 0 Å². The fraction of sp³-hybridized carbons (Fsp3) is 1.00. The molecule has 2 aliphatic rings. The Bertz CT molecular complexity index is 238. The van der Waals surface area contributed by atoms with E-state index in [0.29, 0.717) is 22.8 Å². The van der Waals surface area contributed by atoms with E-state index in [1.165, 1.54) is 38.0 Å². The van der Waals surface area contributed by atoms with Crippen molar-refractivity contribution in [1.29, 1.82) is 0 Å². The Balaban J connectivity index is 1.75. The Kier molecular flexibility index (Phi) is 4.79. The van der Waals surface area contributed by atoms with Gasteiger partial charge in [-0.2, -0.15) is 11.8 Å². The molecule has 0 aliphatic carbocycles. The van der Waals surface area contributed by atoms with E-state index in [1.54, 1.807) is 0 Å². The summed E-state index contributed by atoms with van der Waals surface area (Å²) >= 11 is 2.15. The maximum absolute atomic E-state index is 5.82. The molecule has 3 heteroatoms. The maximum atomic E-state index is 5.82. The highest BCUT2D eigenvalue weighted by atomic mass is 32.2. The van der Waals surface area contributed by atoms with E-state index in [4.69, 9.17) is 4.74 Å². The van der Waals surface area contributed by atoms with Crippen LogP contribution in [0.25, 0.3) is 0 Å². The summed E-state index contributed by atoms with van der Waals surface area (Å²) in [7, 11) is 0. The predicted molar refractivity (Wildman–Crippen MR) is 75.7 cm³/mol. The molecule has 2 nitrogen and oxygen atoms in total. The van der Waals surface area contributed by atoms with Crippen LogP contribution in [0.4, 0.5) is 0 Å². The van der Waals surface area contributed by atoms with Crippen molar-refractivity contribution in [3.63, 3.8) is 0 Å². The molecule has 0 bridgehead atoms. The first-order valence-electron chi connectivity index (χ1n) is 7.08. The SMILES string of the molecule is CC(C)C1CC(NCC2(C)CCCS2)CCO1. The van der Waals surface area contributed by atoms with Crippen LogP contribution in [0.2, 0.25) is 0 Å². The molecular formula is C14H27NOS. The van der Waals surface area contributed by atoms with Crippen LogP contribution in [0, 0.1) is 5.92 Å². The summed E-state index contributed by atoms with van der Waals surface area (Å²) in [6.07, 6.45) is 5.61. The van der Waals surface area contributed by atoms with Crippen molar-refractivity contribution in [3.8, 4) is 0 Å². The molecule has 2 rings (SSSR count). The summed E-state index contributed by atoms with van der Waals surface area (Å²) in [5, 5.41) is 3.79. The minimum Gasteiger partial charge on any atom is -0.378 e. The molecule has 2 fully saturated rings. The first kappa shape index (κ1) is 13.7. The molecule has 3 atom stereocenters. The average molecular weight is 257 g/mol. The quantitative estimate of drug-likeness (QED) is 0.836. The van der Waals surface area contributed by atoms with Crippen molar-refractivity contribution in [2.75, 3.05) is 18.9 Å². The zero-order valence-corrected chi connectivity index (χ0v) is 12.3. The summed E-state index contributed by atoms with van der Waals surface area (Å²) in [6, 6.07) is 0.675. The topological polar surface area (TPSA) is 21.3 Å². The molecule has 0 saturated carbocycles. The lowest BCUT2D eigenvalue weighted by Gasteiger charge is -2.34. The van der Waals surface area contributed by atoms with Gasteiger partial charge in [-0.25, -0.2) is 0 Å². The summed E-state index contributed by atoms with van der Waals surface area (Å²) in [6.45, 7) is 9.05. The number of hydrogen-bond donors (Lipinski definition) is 1. The fourth-order valence-corrected chi connectivity index (χ4v) is 4.07. The van der Waals surface area contributed by atoms with E-state index >= 15 is 0 Å². The van der Waals surface area contributed by atoms with Gasteiger partial charge in [0.15, 0.2) is 0 Å². The predicted octanol–water partition coefficient (Wildman–Crippen LogP) is 3.07. The first-order valence-corrected chi connectivity index (χ1v) is 8.06. The van der Waals surface area contributed by atoms with Crippen LogP contribution >= 0.6 is 11.8 Å². The molecule has 100 valence electrons. The maximum Gasteiger partial charge on any atom is 0.0612 e. The second-order valence-electron chi connectivity index (χ2n) is 6.16. The van der Waals surface area contributed by atoms with E-state index in [1.807, 2.05) is 0 Å². The van der Waals surface area contributed by atoms with Gasteiger partial charge in [-0.3, -0.25) is 0 Å². The number of hydrogen-bond acceptors (Lipinski definition) is 3. The number of ether oxygens (including phenoxy) is 1. The molecule has 0 amide bonds. The van der Waals surface area contributed by atoms with Gasteiger partial charge in [0.1, 0.15) is 0 Å². The van der Waals surface area contributed by atoms with Gasteiger partial charge in [-0.1, -0.05) is 13.8 Å². The molecule has 17 heavy (non-hydrogen) atoms. The lowest BCUT2D eigenvalue weighted by atomic mass is 9.95. The molecule has 0 aromatic carbocycles. The van der Waals surface area contributed by atoms with E-state index < -0.39 is 0 Å². The molecule has 0 aromatic rings. The van der Waals surface area contributed by atoms with Crippen LogP contribution in [0.5, 0.6) is 0 Å². The minimum absolute atomic E-state index is 0.463. The van der Waals surface area contributed by atoms with Crippen molar-refractivity contribution in [2.45, 2.75) is 63.3 Å². The van der Waals surface area contributed by atoms with Crippen molar-refractivity contribution < 1.29 is 4.74 Å². The Morgan fingerprint density at radius 1 is 1.47 bits per heavy atom. The summed E-state index contributed by atoms with van der Waals surface area (Å²) in [4.78, 5) is 0. The number of rotatable bonds is 4. The molecule has 0 aromatic heterocycles. The largest absolute Gasteiger partial charge is 0.378 e. The van der Waals surface area contributed by atoms with E-state index in [0.717, 1.165) is 6.61 Å². The highest BCUT2D eigenvalue weighted by molar-refractivity contribution is 8.00. The van der Waals surface area contributed by atoms with Gasteiger partial charge in [0.05, 0.1) is 6.10 Å². The van der Waals surface area contributed by atoms with Crippen molar-refractivity contribution in [1.82, 2.24) is 5.32 Å². The van der Waals surface area contributed by atoms with E-state index in [2.05, 4.69) is 37.8 Å². The first-order chi connectivity index (χ1) is 8.09. The van der Waals surface area contributed by atoms with Crippen LogP contribution in [0.1, 0.15) is 46.5 Å². The zero-order valence-electron chi connectivity index (χ0n) is 11.5. The van der Waals surface area contributed by atoms with Crippen LogP contribution in [0.15, 0.2) is 0 Å². The van der Waals surface area contributed by atoms with Gasteiger partial charge in [-0.05, 0) is 44.3 Å².